The van der Waals surface area contributed by atoms with Crippen LogP contribution in [0, 0.1) is 0 Å². The van der Waals surface area contributed by atoms with E-state index in [1.165, 1.54) is 18.9 Å². The number of thiocarbonyl (C=S) groups is 1. The summed E-state index contributed by atoms with van der Waals surface area (Å²) in [6.45, 7) is 3.16. The number of nitrogens with zero attached hydrogens (tertiary/aromatic N) is 1. The molecule has 0 unspecified atom stereocenters. The Morgan fingerprint density at radius 2 is 1.90 bits per heavy atom. The van der Waals surface area contributed by atoms with Crippen molar-refractivity contribution in [3.63, 3.8) is 0 Å². The van der Waals surface area contributed by atoms with Gasteiger partial charge in [0.25, 0.3) is 0 Å². The van der Waals surface area contributed by atoms with E-state index >= 15 is 0 Å². The van der Waals surface area contributed by atoms with Crippen LogP contribution in [-0.2, 0) is 14.3 Å². The van der Waals surface area contributed by atoms with Gasteiger partial charge in [0, 0.05) is 12.6 Å². The first-order valence-corrected chi connectivity index (χ1v) is 6.83. The third-order valence-corrected chi connectivity index (χ3v) is 3.61. The summed E-state index contributed by atoms with van der Waals surface area (Å²) in [7, 11) is 1.32. The monoisotopic (exact) mass is 304 g/mol. The maximum atomic E-state index is 12.1. The van der Waals surface area contributed by atoms with Gasteiger partial charge in [-0.15, -0.1) is 0 Å². The van der Waals surface area contributed by atoms with E-state index < -0.39 is 12.0 Å². The van der Waals surface area contributed by atoms with Crippen LogP contribution in [0.4, 0.5) is 0 Å². The second-order valence-corrected chi connectivity index (χ2v) is 5.05. The van der Waals surface area contributed by atoms with Crippen LogP contribution in [0.3, 0.4) is 0 Å². The van der Waals surface area contributed by atoms with E-state index in [1.54, 1.807) is 6.92 Å². The molecule has 21 heavy (non-hydrogen) atoms. The summed E-state index contributed by atoms with van der Waals surface area (Å²) in [5.74, 6) is -0.724. The highest BCUT2D eigenvalue weighted by molar-refractivity contribution is 7.80. The van der Waals surface area contributed by atoms with Crippen LogP contribution in [0.5, 0.6) is 0 Å². The van der Waals surface area contributed by atoms with Crippen molar-refractivity contribution < 1.29 is 14.3 Å². The van der Waals surface area contributed by atoms with Gasteiger partial charge in [0.1, 0.15) is 0 Å². The molecule has 1 heterocycles. The maximum Gasteiger partial charge on any atom is 0.337 e. The Balaban J connectivity index is 2.64. The fourth-order valence-corrected chi connectivity index (χ4v) is 2.78. The van der Waals surface area contributed by atoms with Crippen molar-refractivity contribution >= 4 is 29.2 Å². The number of nitrogens with one attached hydrogen (secondary N) is 1. The fourth-order valence-electron chi connectivity index (χ4n) is 2.39. The Bertz CT molecular complexity index is 625. The molecule has 0 aromatic heterocycles. The number of hydrogen-bond acceptors (Lipinski definition) is 4. The molecule has 0 aliphatic carbocycles. The summed E-state index contributed by atoms with van der Waals surface area (Å²) in [5.41, 5.74) is 1.78. The molecule has 1 aromatic carbocycles. The van der Waals surface area contributed by atoms with Crippen molar-refractivity contribution in [1.82, 2.24) is 10.2 Å². The van der Waals surface area contributed by atoms with Gasteiger partial charge in [0.15, 0.2) is 5.11 Å². The molecule has 1 aliphatic heterocycles. The normalized spacial score (nSPS) is 18.3. The molecular weight excluding hydrogens is 288 g/mol. The van der Waals surface area contributed by atoms with Gasteiger partial charge in [-0.2, -0.15) is 0 Å². The number of esters is 1. The van der Waals surface area contributed by atoms with Gasteiger partial charge in [0.05, 0.1) is 18.7 Å². The van der Waals surface area contributed by atoms with Crippen molar-refractivity contribution in [3.05, 3.63) is 47.2 Å². The van der Waals surface area contributed by atoms with Gasteiger partial charge in [-0.05, 0) is 24.7 Å². The first-order chi connectivity index (χ1) is 9.97. The lowest BCUT2D eigenvalue weighted by Crippen LogP contribution is -2.50. The Morgan fingerprint density at radius 1 is 1.29 bits per heavy atom. The van der Waals surface area contributed by atoms with E-state index in [0.717, 1.165) is 5.56 Å². The lowest BCUT2D eigenvalue weighted by atomic mass is 9.94. The zero-order chi connectivity index (χ0) is 15.6. The first kappa shape index (κ1) is 15.2. The average molecular weight is 304 g/mol. The first-order valence-electron chi connectivity index (χ1n) is 6.42. The number of hydrogen-bond donors (Lipinski definition) is 1. The maximum absolute atomic E-state index is 12.1. The van der Waals surface area contributed by atoms with Crippen LogP contribution < -0.4 is 5.32 Å². The summed E-state index contributed by atoms with van der Waals surface area (Å²) < 4.78 is 4.86. The molecule has 0 bridgehead atoms. The molecule has 1 aromatic rings. The highest BCUT2D eigenvalue weighted by Gasteiger charge is 2.38. The number of allylic oxidation sites excluding steroid dienone is 1. The van der Waals surface area contributed by atoms with Gasteiger partial charge in [-0.1, -0.05) is 30.3 Å². The number of carbonyl (C=O) groups excluding carboxylic acids is 2. The second kappa shape index (κ2) is 6.05. The Morgan fingerprint density at radius 3 is 2.43 bits per heavy atom. The standard InChI is InChI=1S/C15H16N2O3S/c1-9-12(14(19)20-3)13(11-7-5-4-6-8-11)17(10(2)18)15(21)16-9/h4-8,13H,1-3H3,(H,16,21)/t13-/m0/s1. The zero-order valence-electron chi connectivity index (χ0n) is 12.0. The van der Waals surface area contributed by atoms with Crippen molar-refractivity contribution in [3.8, 4) is 0 Å². The van der Waals surface area contributed by atoms with Crippen LogP contribution in [0.25, 0.3) is 0 Å². The molecule has 1 amide bonds. The number of ether oxygens (including phenoxy) is 1. The number of methoxy groups -OCH3 is 1. The molecule has 0 saturated carbocycles. The molecule has 0 radical (unpaired) electrons. The molecule has 1 aliphatic rings. The van der Waals surface area contributed by atoms with Crippen LogP contribution in [0.15, 0.2) is 41.6 Å². The molecule has 110 valence electrons. The third kappa shape index (κ3) is 2.80. The predicted molar refractivity (Wildman–Crippen MR) is 82.2 cm³/mol. The van der Waals surface area contributed by atoms with Crippen molar-refractivity contribution in [2.45, 2.75) is 19.9 Å². The van der Waals surface area contributed by atoms with Crippen LogP contribution in [0.1, 0.15) is 25.5 Å². The van der Waals surface area contributed by atoms with Crippen molar-refractivity contribution in [2.24, 2.45) is 0 Å². The van der Waals surface area contributed by atoms with Gasteiger partial charge in [0.2, 0.25) is 5.91 Å². The van der Waals surface area contributed by atoms with Crippen LogP contribution in [0.2, 0.25) is 0 Å². The van der Waals surface area contributed by atoms with E-state index in [-0.39, 0.29) is 11.0 Å². The van der Waals surface area contributed by atoms with E-state index in [2.05, 4.69) is 5.32 Å². The van der Waals surface area contributed by atoms with E-state index in [0.29, 0.717) is 11.3 Å². The second-order valence-electron chi connectivity index (χ2n) is 4.66. The molecular formula is C15H16N2O3S. The quantitative estimate of drug-likeness (QED) is 0.668. The highest BCUT2D eigenvalue weighted by Crippen LogP contribution is 2.34. The molecule has 1 atom stereocenters. The number of rotatable bonds is 2. The summed E-state index contributed by atoms with van der Waals surface area (Å²) in [6, 6.07) is 8.70. The largest absolute Gasteiger partial charge is 0.466 e. The Hall–Kier alpha value is -2.21. The van der Waals surface area contributed by atoms with Gasteiger partial charge in [-0.3, -0.25) is 9.69 Å². The SMILES string of the molecule is COC(=O)C1=C(C)NC(=S)N(C(C)=O)[C@H]1c1ccccc1. The molecule has 0 fully saturated rings. The highest BCUT2D eigenvalue weighted by atomic mass is 32.1. The minimum absolute atomic E-state index is 0.241. The fraction of sp³-hybridized carbons (Fsp3) is 0.267. The summed E-state index contributed by atoms with van der Waals surface area (Å²) in [5, 5.41) is 3.17. The summed E-state index contributed by atoms with van der Waals surface area (Å²) in [6.07, 6.45) is 0. The molecule has 2 rings (SSSR count). The summed E-state index contributed by atoms with van der Waals surface area (Å²) in [4.78, 5) is 25.5. The van der Waals surface area contributed by atoms with E-state index in [9.17, 15) is 9.59 Å². The van der Waals surface area contributed by atoms with Crippen LogP contribution >= 0.6 is 12.2 Å². The molecule has 0 spiro atoms. The number of carbonyl (C=O) groups is 2. The smallest absolute Gasteiger partial charge is 0.337 e. The minimum atomic E-state index is -0.579. The van der Waals surface area contributed by atoms with Gasteiger partial charge < -0.3 is 10.1 Å². The number of amides is 1. The number of benzene rings is 1. The lowest BCUT2D eigenvalue weighted by Gasteiger charge is -2.37. The van der Waals surface area contributed by atoms with Gasteiger partial charge >= 0.3 is 5.97 Å². The van der Waals surface area contributed by atoms with Gasteiger partial charge in [-0.25, -0.2) is 4.79 Å². The molecule has 6 heteroatoms. The average Bonchev–Trinajstić information content (AvgIpc) is 2.46. The lowest BCUT2D eigenvalue weighted by molar-refractivity contribution is -0.137. The Kier molecular flexibility index (Phi) is 4.37. The topological polar surface area (TPSA) is 58.6 Å². The molecule has 5 nitrogen and oxygen atoms in total. The van der Waals surface area contributed by atoms with Crippen molar-refractivity contribution in [2.75, 3.05) is 7.11 Å². The minimum Gasteiger partial charge on any atom is -0.466 e. The van der Waals surface area contributed by atoms with E-state index in [1.807, 2.05) is 30.3 Å². The third-order valence-electron chi connectivity index (χ3n) is 3.31. The Labute approximate surface area is 128 Å². The van der Waals surface area contributed by atoms with Crippen LogP contribution in [-0.4, -0.2) is 29.0 Å². The predicted octanol–water partition coefficient (Wildman–Crippen LogP) is 1.91. The molecule has 0 saturated heterocycles. The van der Waals surface area contributed by atoms with Crippen molar-refractivity contribution in [1.29, 1.82) is 0 Å². The molecule has 1 N–H and O–H groups in total. The zero-order valence-corrected chi connectivity index (χ0v) is 12.9. The summed E-state index contributed by atoms with van der Waals surface area (Å²) >= 11 is 5.24. The van der Waals surface area contributed by atoms with E-state index in [4.69, 9.17) is 17.0 Å².